The molecule has 0 atom stereocenters. The van der Waals surface area contributed by atoms with Crippen molar-refractivity contribution in [2.75, 3.05) is 6.61 Å². The van der Waals surface area contributed by atoms with Gasteiger partial charge in [-0.15, -0.1) is 0 Å². The Bertz CT molecular complexity index is 1140. The number of nitriles is 1. The Morgan fingerprint density at radius 1 is 1.03 bits per heavy atom. The van der Waals surface area contributed by atoms with Crippen LogP contribution in [0.5, 0.6) is 11.5 Å². The number of carbonyl (C=O) groups excluding carboxylic acids is 1. The lowest BCUT2D eigenvalue weighted by Gasteiger charge is -2.13. The highest BCUT2D eigenvalue weighted by Gasteiger charge is 2.12. The highest BCUT2D eigenvalue weighted by atomic mass is 16.5. The molecule has 0 bridgehead atoms. The topological polar surface area (TPSA) is 71.3 Å². The molecule has 3 rings (SSSR count). The smallest absolute Gasteiger partial charge is 0.262 e. The average Bonchev–Trinajstić information content (AvgIpc) is 2.76. The number of fused-ring (bicyclic) bond motifs is 1. The van der Waals surface area contributed by atoms with Gasteiger partial charge in [0.05, 0.1) is 6.61 Å². The highest BCUT2D eigenvalue weighted by molar-refractivity contribution is 6.01. The molecule has 0 saturated carbocycles. The zero-order valence-corrected chi connectivity index (χ0v) is 18.0. The molecule has 1 amide bonds. The molecule has 3 aromatic carbocycles. The van der Waals surface area contributed by atoms with E-state index in [1.54, 1.807) is 24.3 Å². The molecule has 0 spiro atoms. The Morgan fingerprint density at radius 3 is 2.52 bits per heavy atom. The molecule has 0 unspecified atom stereocenters. The summed E-state index contributed by atoms with van der Waals surface area (Å²) >= 11 is 0. The van der Waals surface area contributed by atoms with Gasteiger partial charge >= 0.3 is 0 Å². The van der Waals surface area contributed by atoms with E-state index in [0.717, 1.165) is 10.9 Å². The third-order valence-electron chi connectivity index (χ3n) is 4.57. The SMILES string of the molecule is CCOc1cc(/C=C(/C#N)C(=O)NC(C)C)ccc1OCc1ccc2ccccc2c1. The number of nitrogens with zero attached hydrogens (tertiary/aromatic N) is 1. The minimum absolute atomic E-state index is 0.0426. The predicted octanol–water partition coefficient (Wildman–Crippen LogP) is 5.25. The van der Waals surface area contributed by atoms with Crippen molar-refractivity contribution in [1.29, 1.82) is 5.26 Å². The van der Waals surface area contributed by atoms with Crippen LogP contribution in [0.4, 0.5) is 0 Å². The van der Waals surface area contributed by atoms with Crippen LogP contribution >= 0.6 is 0 Å². The Kier molecular flexibility index (Phi) is 7.29. The van der Waals surface area contributed by atoms with Gasteiger partial charge in [-0.1, -0.05) is 42.5 Å². The van der Waals surface area contributed by atoms with Crippen LogP contribution in [0.1, 0.15) is 31.9 Å². The van der Waals surface area contributed by atoms with Crippen molar-refractivity contribution in [3.8, 4) is 17.6 Å². The lowest BCUT2D eigenvalue weighted by atomic mass is 10.1. The van der Waals surface area contributed by atoms with Gasteiger partial charge in [-0.05, 0) is 66.9 Å². The monoisotopic (exact) mass is 414 g/mol. The number of nitrogens with one attached hydrogen (secondary N) is 1. The van der Waals surface area contributed by atoms with E-state index >= 15 is 0 Å². The number of ether oxygens (including phenoxy) is 2. The van der Waals surface area contributed by atoms with Gasteiger partial charge in [0.15, 0.2) is 11.5 Å². The molecule has 0 aromatic heterocycles. The van der Waals surface area contributed by atoms with Crippen molar-refractivity contribution in [2.24, 2.45) is 0 Å². The largest absolute Gasteiger partial charge is 0.490 e. The number of amides is 1. The van der Waals surface area contributed by atoms with E-state index in [0.29, 0.717) is 30.3 Å². The fraction of sp³-hybridized carbons (Fsp3) is 0.231. The molecule has 3 aromatic rings. The molecule has 0 aliphatic rings. The first kappa shape index (κ1) is 21.9. The number of carbonyl (C=O) groups is 1. The van der Waals surface area contributed by atoms with E-state index < -0.39 is 5.91 Å². The molecule has 158 valence electrons. The van der Waals surface area contributed by atoms with Crippen LogP contribution < -0.4 is 14.8 Å². The van der Waals surface area contributed by atoms with E-state index in [4.69, 9.17) is 9.47 Å². The molecule has 5 nitrogen and oxygen atoms in total. The quantitative estimate of drug-likeness (QED) is 0.404. The molecule has 31 heavy (non-hydrogen) atoms. The maximum Gasteiger partial charge on any atom is 0.262 e. The molecule has 0 fully saturated rings. The van der Waals surface area contributed by atoms with Gasteiger partial charge in [0.1, 0.15) is 18.2 Å². The summed E-state index contributed by atoms with van der Waals surface area (Å²) in [6.45, 7) is 6.47. The van der Waals surface area contributed by atoms with Gasteiger partial charge in [0, 0.05) is 6.04 Å². The number of hydrogen-bond donors (Lipinski definition) is 1. The van der Waals surface area contributed by atoms with Crippen molar-refractivity contribution in [3.05, 3.63) is 77.4 Å². The van der Waals surface area contributed by atoms with Gasteiger partial charge in [-0.2, -0.15) is 5.26 Å². The maximum absolute atomic E-state index is 12.2. The van der Waals surface area contributed by atoms with Crippen LogP contribution in [0.25, 0.3) is 16.8 Å². The van der Waals surface area contributed by atoms with Crippen LogP contribution in [0.15, 0.2) is 66.2 Å². The second-order valence-corrected chi connectivity index (χ2v) is 7.41. The summed E-state index contributed by atoms with van der Waals surface area (Å²) < 4.78 is 11.8. The van der Waals surface area contributed by atoms with Gasteiger partial charge in [-0.25, -0.2) is 0 Å². The first-order valence-corrected chi connectivity index (χ1v) is 10.3. The molecular weight excluding hydrogens is 388 g/mol. The molecule has 1 N–H and O–H groups in total. The summed E-state index contributed by atoms with van der Waals surface area (Å²) in [7, 11) is 0. The molecule has 0 aliphatic heterocycles. The van der Waals surface area contributed by atoms with Crippen molar-refractivity contribution >= 4 is 22.8 Å². The maximum atomic E-state index is 12.2. The zero-order chi connectivity index (χ0) is 22.2. The van der Waals surface area contributed by atoms with Gasteiger partial charge < -0.3 is 14.8 Å². The number of rotatable bonds is 8. The first-order chi connectivity index (χ1) is 15.0. The number of hydrogen-bond acceptors (Lipinski definition) is 4. The molecule has 5 heteroatoms. The Balaban J connectivity index is 1.80. The third-order valence-corrected chi connectivity index (χ3v) is 4.57. The summed E-state index contributed by atoms with van der Waals surface area (Å²) in [6, 6.07) is 21.7. The zero-order valence-electron chi connectivity index (χ0n) is 18.0. The fourth-order valence-electron chi connectivity index (χ4n) is 3.15. The van der Waals surface area contributed by atoms with Gasteiger partial charge in [-0.3, -0.25) is 4.79 Å². The van der Waals surface area contributed by atoms with Gasteiger partial charge in [0.25, 0.3) is 5.91 Å². The molecule has 0 radical (unpaired) electrons. The summed E-state index contributed by atoms with van der Waals surface area (Å²) in [5.41, 5.74) is 1.79. The van der Waals surface area contributed by atoms with Crippen LogP contribution in [0.2, 0.25) is 0 Å². The highest BCUT2D eigenvalue weighted by Crippen LogP contribution is 2.30. The minimum atomic E-state index is -0.396. The second-order valence-electron chi connectivity index (χ2n) is 7.41. The van der Waals surface area contributed by atoms with E-state index in [1.165, 1.54) is 5.39 Å². The summed E-state index contributed by atoms with van der Waals surface area (Å²) in [4.78, 5) is 12.2. The van der Waals surface area contributed by atoms with Crippen molar-refractivity contribution in [3.63, 3.8) is 0 Å². The second kappa shape index (κ2) is 10.3. The van der Waals surface area contributed by atoms with E-state index in [-0.39, 0.29) is 11.6 Å². The predicted molar refractivity (Wildman–Crippen MR) is 123 cm³/mol. The molecule has 0 heterocycles. The van der Waals surface area contributed by atoms with E-state index in [1.807, 2.05) is 45.0 Å². The normalized spacial score (nSPS) is 11.3. The first-order valence-electron chi connectivity index (χ1n) is 10.3. The van der Waals surface area contributed by atoms with Crippen molar-refractivity contribution < 1.29 is 14.3 Å². The molecule has 0 saturated heterocycles. The summed E-state index contributed by atoms with van der Waals surface area (Å²) in [5, 5.41) is 14.4. The van der Waals surface area contributed by atoms with Crippen LogP contribution in [-0.4, -0.2) is 18.6 Å². The van der Waals surface area contributed by atoms with Crippen LogP contribution in [0, 0.1) is 11.3 Å². The van der Waals surface area contributed by atoms with Crippen molar-refractivity contribution in [2.45, 2.75) is 33.4 Å². The Labute approximate surface area is 182 Å². The van der Waals surface area contributed by atoms with Gasteiger partial charge in [0.2, 0.25) is 0 Å². The summed E-state index contributed by atoms with van der Waals surface area (Å²) in [6.07, 6.45) is 1.55. The van der Waals surface area contributed by atoms with E-state index in [9.17, 15) is 10.1 Å². The van der Waals surface area contributed by atoms with E-state index in [2.05, 4.69) is 29.6 Å². The lowest BCUT2D eigenvalue weighted by Crippen LogP contribution is -2.30. The summed E-state index contributed by atoms with van der Waals surface area (Å²) in [5.74, 6) is 0.781. The Hall–Kier alpha value is -3.78. The lowest BCUT2D eigenvalue weighted by molar-refractivity contribution is -0.117. The molecular formula is C26H26N2O3. The number of benzene rings is 3. The van der Waals surface area contributed by atoms with Crippen LogP contribution in [0.3, 0.4) is 0 Å². The standard InChI is InChI=1S/C26H26N2O3/c1-4-30-25-15-19(13-23(16-27)26(29)28-18(2)3)10-12-24(25)31-17-20-9-11-21-7-5-6-8-22(21)14-20/h5-15,18H,4,17H2,1-3H3,(H,28,29)/b23-13-. The molecule has 0 aliphatic carbocycles. The van der Waals surface area contributed by atoms with Crippen LogP contribution in [-0.2, 0) is 11.4 Å². The van der Waals surface area contributed by atoms with Crippen molar-refractivity contribution in [1.82, 2.24) is 5.32 Å². The average molecular weight is 415 g/mol. The Morgan fingerprint density at radius 2 is 1.81 bits per heavy atom. The minimum Gasteiger partial charge on any atom is -0.490 e. The fourth-order valence-corrected chi connectivity index (χ4v) is 3.15. The third kappa shape index (κ3) is 5.86.